The fraction of sp³-hybridized carbons (Fsp3) is 0.824. The molecule has 126 valence electrons. The molecule has 3 N–H and O–H groups in total. The molecule has 2 rings (SSSR count). The zero-order valence-corrected chi connectivity index (χ0v) is 13.7. The first-order valence-corrected chi connectivity index (χ1v) is 8.46. The molecule has 2 atom stereocenters. The molecule has 2 aliphatic heterocycles. The number of amides is 1. The summed E-state index contributed by atoms with van der Waals surface area (Å²) >= 11 is 0. The summed E-state index contributed by atoms with van der Waals surface area (Å²) in [6.45, 7) is 7.67. The van der Waals surface area contributed by atoms with E-state index in [4.69, 9.17) is 15.2 Å². The van der Waals surface area contributed by atoms with Crippen LogP contribution in [-0.4, -0.2) is 43.4 Å². The van der Waals surface area contributed by atoms with Crippen LogP contribution in [0.15, 0.2) is 12.2 Å². The zero-order valence-electron chi connectivity index (χ0n) is 13.7. The minimum atomic E-state index is -0.352. The molecule has 5 nitrogen and oxygen atoms in total. The van der Waals surface area contributed by atoms with Crippen LogP contribution in [0, 0.1) is 0 Å². The van der Waals surface area contributed by atoms with E-state index in [9.17, 15) is 4.79 Å². The highest BCUT2D eigenvalue weighted by atomic mass is 16.5. The van der Waals surface area contributed by atoms with Crippen molar-refractivity contribution >= 4 is 5.91 Å². The van der Waals surface area contributed by atoms with Gasteiger partial charge in [0.05, 0.1) is 12.2 Å². The van der Waals surface area contributed by atoms with Crippen LogP contribution < -0.4 is 11.1 Å². The molecule has 0 aromatic carbocycles. The number of rotatable bonds is 8. The van der Waals surface area contributed by atoms with Gasteiger partial charge in [0, 0.05) is 24.3 Å². The zero-order chi connectivity index (χ0) is 16.0. The van der Waals surface area contributed by atoms with Gasteiger partial charge in [-0.1, -0.05) is 6.58 Å². The van der Waals surface area contributed by atoms with Gasteiger partial charge in [0.2, 0.25) is 5.91 Å². The predicted molar refractivity (Wildman–Crippen MR) is 86.5 cm³/mol. The van der Waals surface area contributed by atoms with Crippen LogP contribution in [-0.2, 0) is 14.3 Å². The molecule has 0 aromatic rings. The van der Waals surface area contributed by atoms with E-state index in [0.29, 0.717) is 12.1 Å². The van der Waals surface area contributed by atoms with Crippen LogP contribution in [0.3, 0.4) is 0 Å². The van der Waals surface area contributed by atoms with E-state index >= 15 is 0 Å². The second-order valence-corrected chi connectivity index (χ2v) is 6.73. The van der Waals surface area contributed by atoms with Gasteiger partial charge in [-0.05, 0) is 58.4 Å². The van der Waals surface area contributed by atoms with Crippen LogP contribution in [0.4, 0.5) is 0 Å². The molecule has 0 bridgehead atoms. The van der Waals surface area contributed by atoms with Gasteiger partial charge in [-0.3, -0.25) is 4.79 Å². The van der Waals surface area contributed by atoms with Gasteiger partial charge in [0.1, 0.15) is 0 Å². The lowest BCUT2D eigenvalue weighted by Crippen LogP contribution is -2.53. The Kier molecular flexibility index (Phi) is 6.41. The van der Waals surface area contributed by atoms with Crippen molar-refractivity contribution in [3.05, 3.63) is 12.2 Å². The van der Waals surface area contributed by atoms with Crippen molar-refractivity contribution < 1.29 is 14.3 Å². The fourth-order valence-corrected chi connectivity index (χ4v) is 3.56. The monoisotopic (exact) mass is 310 g/mol. The molecule has 2 heterocycles. The highest BCUT2D eigenvalue weighted by Gasteiger charge is 2.38. The van der Waals surface area contributed by atoms with Crippen molar-refractivity contribution in [3.63, 3.8) is 0 Å². The smallest absolute Gasteiger partial charge is 0.246 e. The molecule has 2 unspecified atom stereocenters. The molecule has 0 aromatic heterocycles. The lowest BCUT2D eigenvalue weighted by molar-refractivity contribution is -0.120. The molecule has 5 heteroatoms. The van der Waals surface area contributed by atoms with Gasteiger partial charge in [-0.2, -0.15) is 0 Å². The quantitative estimate of drug-likeness (QED) is 0.672. The normalized spacial score (nSPS) is 27.5. The summed E-state index contributed by atoms with van der Waals surface area (Å²) in [7, 11) is 0. The first-order valence-electron chi connectivity index (χ1n) is 8.46. The summed E-state index contributed by atoms with van der Waals surface area (Å²) in [5.41, 5.74) is 6.04. The Bertz CT molecular complexity index is 367. The van der Waals surface area contributed by atoms with Crippen LogP contribution in [0.5, 0.6) is 0 Å². The van der Waals surface area contributed by atoms with Gasteiger partial charge >= 0.3 is 0 Å². The highest BCUT2D eigenvalue weighted by Crippen LogP contribution is 2.32. The second kappa shape index (κ2) is 8.09. The molecule has 22 heavy (non-hydrogen) atoms. The Labute approximate surface area is 133 Å². The van der Waals surface area contributed by atoms with E-state index in [-0.39, 0.29) is 23.7 Å². The van der Waals surface area contributed by atoms with E-state index in [1.807, 2.05) is 0 Å². The molecule has 2 saturated heterocycles. The third-order valence-electron chi connectivity index (χ3n) is 4.67. The first kappa shape index (κ1) is 17.4. The number of carbonyl (C=O) groups excluding carboxylic acids is 1. The number of carbonyl (C=O) groups is 1. The van der Waals surface area contributed by atoms with E-state index in [0.717, 1.165) is 58.2 Å². The summed E-state index contributed by atoms with van der Waals surface area (Å²) in [5.74, 6) is -0.0931. The highest BCUT2D eigenvalue weighted by molar-refractivity contribution is 5.92. The predicted octanol–water partition coefficient (Wildman–Crippen LogP) is 1.90. The van der Waals surface area contributed by atoms with Gasteiger partial charge < -0.3 is 20.5 Å². The van der Waals surface area contributed by atoms with Crippen LogP contribution in [0.2, 0.25) is 0 Å². The number of nitrogens with one attached hydrogen (secondary N) is 1. The number of hydrogen-bond acceptors (Lipinski definition) is 4. The summed E-state index contributed by atoms with van der Waals surface area (Å²) in [5, 5.41) is 3.21. The van der Waals surface area contributed by atoms with Gasteiger partial charge in [0.25, 0.3) is 0 Å². The summed E-state index contributed by atoms with van der Waals surface area (Å²) < 4.78 is 11.6. The largest absolute Gasteiger partial charge is 0.378 e. The van der Waals surface area contributed by atoms with Crippen LogP contribution in [0.1, 0.15) is 51.9 Å². The van der Waals surface area contributed by atoms with E-state index in [1.54, 1.807) is 6.92 Å². The Morgan fingerprint density at radius 3 is 2.14 bits per heavy atom. The number of ether oxygens (including phenoxy) is 2. The summed E-state index contributed by atoms with van der Waals surface area (Å²) in [6.07, 6.45) is 7.08. The first-order chi connectivity index (χ1) is 10.5. The Morgan fingerprint density at radius 2 is 1.77 bits per heavy atom. The van der Waals surface area contributed by atoms with Crippen molar-refractivity contribution in [1.82, 2.24) is 5.32 Å². The van der Waals surface area contributed by atoms with E-state index < -0.39 is 0 Å². The Hall–Kier alpha value is -0.910. The average Bonchev–Trinajstić information content (AvgIpc) is 3.12. The van der Waals surface area contributed by atoms with Gasteiger partial charge in [-0.15, -0.1) is 0 Å². The Balaban J connectivity index is 2.12. The minimum Gasteiger partial charge on any atom is -0.378 e. The Morgan fingerprint density at radius 1 is 1.23 bits per heavy atom. The molecule has 0 aliphatic carbocycles. The number of nitrogens with two attached hydrogens (primary N) is 1. The molecule has 1 amide bonds. The van der Waals surface area contributed by atoms with Crippen LogP contribution >= 0.6 is 0 Å². The molecular weight excluding hydrogens is 280 g/mol. The van der Waals surface area contributed by atoms with Gasteiger partial charge in [0.15, 0.2) is 0 Å². The van der Waals surface area contributed by atoms with Crippen molar-refractivity contribution in [1.29, 1.82) is 0 Å². The van der Waals surface area contributed by atoms with E-state index in [1.165, 1.54) is 0 Å². The summed E-state index contributed by atoms with van der Waals surface area (Å²) in [4.78, 5) is 12.2. The number of hydrogen-bond donors (Lipinski definition) is 2. The van der Waals surface area contributed by atoms with Crippen molar-refractivity contribution in [3.8, 4) is 0 Å². The standard InChI is InChI=1S/C17H30N2O3/c1-13(2)16(20)19-17(7-8-18,11-14-5-3-9-21-14)12-15-6-4-10-22-15/h14-15H,1,3-12,18H2,2H3,(H,19,20). The fourth-order valence-electron chi connectivity index (χ4n) is 3.56. The maximum absolute atomic E-state index is 12.2. The van der Waals surface area contributed by atoms with Crippen LogP contribution in [0.25, 0.3) is 0 Å². The molecular formula is C17H30N2O3. The minimum absolute atomic E-state index is 0.0931. The molecule has 2 aliphatic rings. The van der Waals surface area contributed by atoms with E-state index in [2.05, 4.69) is 11.9 Å². The van der Waals surface area contributed by atoms with Crippen molar-refractivity contribution in [2.24, 2.45) is 5.73 Å². The van der Waals surface area contributed by atoms with Crippen molar-refractivity contribution in [2.45, 2.75) is 69.6 Å². The lowest BCUT2D eigenvalue weighted by Gasteiger charge is -2.38. The third-order valence-corrected chi connectivity index (χ3v) is 4.67. The molecule has 0 radical (unpaired) electrons. The molecule has 2 fully saturated rings. The molecule has 0 saturated carbocycles. The molecule has 0 spiro atoms. The second-order valence-electron chi connectivity index (χ2n) is 6.73. The topological polar surface area (TPSA) is 73.6 Å². The van der Waals surface area contributed by atoms with Crippen molar-refractivity contribution in [2.75, 3.05) is 19.8 Å². The SMILES string of the molecule is C=C(C)C(=O)NC(CCN)(CC1CCCO1)CC1CCCO1. The maximum Gasteiger partial charge on any atom is 0.246 e. The van der Waals surface area contributed by atoms with Gasteiger partial charge in [-0.25, -0.2) is 0 Å². The average molecular weight is 310 g/mol. The summed E-state index contributed by atoms with van der Waals surface area (Å²) in [6, 6.07) is 0. The maximum atomic E-state index is 12.2. The lowest BCUT2D eigenvalue weighted by atomic mass is 9.81. The third kappa shape index (κ3) is 4.80.